The van der Waals surface area contributed by atoms with Crippen molar-refractivity contribution < 1.29 is 9.53 Å². The fourth-order valence-electron chi connectivity index (χ4n) is 4.25. The molecule has 1 amide bonds. The minimum absolute atomic E-state index is 0.0424. The highest BCUT2D eigenvalue weighted by Crippen LogP contribution is 2.33. The summed E-state index contributed by atoms with van der Waals surface area (Å²) < 4.78 is 6.36. The predicted octanol–water partition coefficient (Wildman–Crippen LogP) is 6.65. The molecule has 3 rings (SSSR count). The molecule has 0 saturated carbocycles. The average Bonchev–Trinajstić information content (AvgIpc) is 2.84. The van der Waals surface area contributed by atoms with Crippen LogP contribution in [0.5, 0.6) is 5.75 Å². The van der Waals surface area contributed by atoms with E-state index in [-0.39, 0.29) is 24.5 Å². The molecule has 0 saturated heterocycles. The van der Waals surface area contributed by atoms with Gasteiger partial charge < -0.3 is 14.5 Å². The number of amides is 1. The van der Waals surface area contributed by atoms with Gasteiger partial charge in [0.25, 0.3) is 0 Å². The van der Waals surface area contributed by atoms with Gasteiger partial charge >= 0.3 is 0 Å². The van der Waals surface area contributed by atoms with Crippen LogP contribution >= 0.6 is 11.6 Å². The molecule has 0 atom stereocenters. The van der Waals surface area contributed by atoms with E-state index in [9.17, 15) is 4.79 Å². The van der Waals surface area contributed by atoms with Gasteiger partial charge in [-0.05, 0) is 44.5 Å². The van der Waals surface area contributed by atoms with Gasteiger partial charge in [0.15, 0.2) is 0 Å². The number of nitrogens with zero attached hydrogens (tertiary/aromatic N) is 4. The van der Waals surface area contributed by atoms with Gasteiger partial charge in [-0.15, -0.1) is 0 Å². The summed E-state index contributed by atoms with van der Waals surface area (Å²) in [5, 5.41) is 1.49. The standard InChI is InChI=1S/C30H37ClN4O2/c1-9-11-27(34(7)8)24-14-21(6)33-29-23(24)12-10-13-28(29)37-18-25-22(15-32-16-26(25)31)17-35(20(4)5)30(36)19(2)3/h9-16,19-20H,1,17-18H2,2-8H3/b27-11-. The smallest absolute Gasteiger partial charge is 0.225 e. The number of benzene rings is 1. The van der Waals surface area contributed by atoms with Crippen molar-refractivity contribution in [1.82, 2.24) is 19.8 Å². The quantitative estimate of drug-likeness (QED) is 0.280. The molecule has 37 heavy (non-hydrogen) atoms. The molecule has 0 N–H and O–H groups in total. The number of para-hydroxylation sites is 1. The zero-order valence-electron chi connectivity index (χ0n) is 22.9. The molecule has 2 heterocycles. The molecular weight excluding hydrogens is 484 g/mol. The van der Waals surface area contributed by atoms with Gasteiger partial charge in [0.05, 0.1) is 5.02 Å². The summed E-state index contributed by atoms with van der Waals surface area (Å²) in [6, 6.07) is 8.05. The number of carbonyl (C=O) groups is 1. The van der Waals surface area contributed by atoms with Crippen LogP contribution in [-0.4, -0.2) is 45.8 Å². The molecule has 0 bridgehead atoms. The predicted molar refractivity (Wildman–Crippen MR) is 152 cm³/mol. The third-order valence-corrected chi connectivity index (χ3v) is 6.50. The van der Waals surface area contributed by atoms with Crippen LogP contribution in [0.25, 0.3) is 16.6 Å². The number of aryl methyl sites for hydroxylation is 1. The molecule has 0 unspecified atom stereocenters. The van der Waals surface area contributed by atoms with E-state index in [0.29, 0.717) is 17.3 Å². The third kappa shape index (κ3) is 6.50. The highest BCUT2D eigenvalue weighted by atomic mass is 35.5. The Bertz CT molecular complexity index is 1310. The lowest BCUT2D eigenvalue weighted by molar-refractivity contribution is -0.136. The Kier molecular flexibility index (Phi) is 9.33. The Hall–Kier alpha value is -3.38. The average molecular weight is 521 g/mol. The summed E-state index contributed by atoms with van der Waals surface area (Å²) in [6.45, 7) is 14.3. The Labute approximate surface area is 225 Å². The first kappa shape index (κ1) is 28.2. The van der Waals surface area contributed by atoms with Crippen LogP contribution in [-0.2, 0) is 17.9 Å². The Morgan fingerprint density at radius 2 is 1.92 bits per heavy atom. The molecular formula is C30H37ClN4O2. The summed E-state index contributed by atoms with van der Waals surface area (Å²) in [4.78, 5) is 25.9. The first-order valence-electron chi connectivity index (χ1n) is 12.5. The van der Waals surface area contributed by atoms with Crippen LogP contribution in [0.4, 0.5) is 0 Å². The van der Waals surface area contributed by atoms with E-state index in [0.717, 1.165) is 39.0 Å². The summed E-state index contributed by atoms with van der Waals surface area (Å²) >= 11 is 6.60. The fraction of sp³-hybridized carbons (Fsp3) is 0.367. The number of aromatic nitrogens is 2. The van der Waals surface area contributed by atoms with E-state index in [1.54, 1.807) is 18.5 Å². The maximum atomic E-state index is 12.8. The lowest BCUT2D eigenvalue weighted by Gasteiger charge is -2.29. The summed E-state index contributed by atoms with van der Waals surface area (Å²) in [6.07, 6.45) is 7.15. The van der Waals surface area contributed by atoms with Crippen LogP contribution < -0.4 is 4.74 Å². The van der Waals surface area contributed by atoms with Gasteiger partial charge in [-0.1, -0.05) is 50.2 Å². The van der Waals surface area contributed by atoms with Crippen LogP contribution in [0.15, 0.2) is 55.4 Å². The van der Waals surface area contributed by atoms with Crippen molar-refractivity contribution in [2.24, 2.45) is 5.92 Å². The van der Waals surface area contributed by atoms with Crippen LogP contribution in [0, 0.1) is 12.8 Å². The first-order valence-corrected chi connectivity index (χ1v) is 12.9. The number of rotatable bonds is 10. The van der Waals surface area contributed by atoms with Crippen molar-refractivity contribution in [3.8, 4) is 5.75 Å². The molecule has 0 aliphatic rings. The van der Waals surface area contributed by atoms with Crippen LogP contribution in [0.1, 0.15) is 50.1 Å². The van der Waals surface area contributed by atoms with E-state index in [1.807, 2.05) is 77.9 Å². The van der Waals surface area contributed by atoms with Crippen molar-refractivity contribution >= 4 is 34.1 Å². The highest BCUT2D eigenvalue weighted by molar-refractivity contribution is 6.31. The van der Waals surface area contributed by atoms with Gasteiger partial charge in [-0.25, -0.2) is 4.98 Å². The van der Waals surface area contributed by atoms with Gasteiger partial charge in [0, 0.05) is 72.9 Å². The molecule has 6 nitrogen and oxygen atoms in total. The van der Waals surface area contributed by atoms with Crippen molar-refractivity contribution in [3.63, 3.8) is 0 Å². The SMILES string of the molecule is C=C/C=C(/c1cc(C)nc2c(OCc3c(Cl)cncc3CN(C(=O)C(C)C)C(C)C)cccc12)N(C)C. The lowest BCUT2D eigenvalue weighted by atomic mass is 10.0. The summed E-state index contributed by atoms with van der Waals surface area (Å²) in [7, 11) is 4.02. The lowest BCUT2D eigenvalue weighted by Crippen LogP contribution is -2.39. The van der Waals surface area contributed by atoms with Crippen molar-refractivity contribution in [2.75, 3.05) is 14.1 Å². The van der Waals surface area contributed by atoms with Gasteiger partial charge in [-0.2, -0.15) is 0 Å². The maximum Gasteiger partial charge on any atom is 0.225 e. The number of fused-ring (bicyclic) bond motifs is 1. The van der Waals surface area contributed by atoms with Crippen molar-refractivity contribution in [3.05, 3.63) is 82.8 Å². The van der Waals surface area contributed by atoms with E-state index >= 15 is 0 Å². The molecule has 3 aromatic rings. The van der Waals surface area contributed by atoms with Gasteiger partial charge in [0.1, 0.15) is 17.9 Å². The second kappa shape index (κ2) is 12.2. The minimum Gasteiger partial charge on any atom is -0.487 e. The molecule has 0 spiro atoms. The highest BCUT2D eigenvalue weighted by Gasteiger charge is 2.22. The zero-order valence-corrected chi connectivity index (χ0v) is 23.6. The molecule has 0 aliphatic carbocycles. The van der Waals surface area contributed by atoms with E-state index < -0.39 is 0 Å². The Morgan fingerprint density at radius 1 is 1.19 bits per heavy atom. The summed E-state index contributed by atoms with van der Waals surface area (Å²) in [5.74, 6) is 0.653. The fourth-order valence-corrected chi connectivity index (χ4v) is 4.48. The maximum absolute atomic E-state index is 12.8. The van der Waals surface area contributed by atoms with E-state index in [2.05, 4.69) is 22.5 Å². The number of hydrogen-bond acceptors (Lipinski definition) is 5. The van der Waals surface area contributed by atoms with E-state index in [4.69, 9.17) is 21.3 Å². The number of ether oxygens (including phenoxy) is 1. The first-order chi connectivity index (χ1) is 17.5. The van der Waals surface area contributed by atoms with Crippen molar-refractivity contribution in [1.29, 1.82) is 0 Å². The number of hydrogen-bond donors (Lipinski definition) is 0. The summed E-state index contributed by atoms with van der Waals surface area (Å²) in [5.41, 5.74) is 5.43. The second-order valence-corrected chi connectivity index (χ2v) is 10.3. The van der Waals surface area contributed by atoms with Crippen LogP contribution in [0.3, 0.4) is 0 Å². The monoisotopic (exact) mass is 520 g/mol. The van der Waals surface area contributed by atoms with Gasteiger partial charge in [-0.3, -0.25) is 9.78 Å². The number of pyridine rings is 2. The largest absolute Gasteiger partial charge is 0.487 e. The topological polar surface area (TPSA) is 58.6 Å². The minimum atomic E-state index is -0.101. The van der Waals surface area contributed by atoms with Crippen molar-refractivity contribution in [2.45, 2.75) is 53.8 Å². The third-order valence-electron chi connectivity index (χ3n) is 6.17. The molecule has 196 valence electrons. The normalized spacial score (nSPS) is 11.8. The molecule has 0 radical (unpaired) electrons. The Balaban J connectivity index is 2.00. The zero-order chi connectivity index (χ0) is 27.3. The molecule has 1 aromatic carbocycles. The number of allylic oxidation sites excluding steroid dienone is 2. The van der Waals surface area contributed by atoms with Gasteiger partial charge in [0.2, 0.25) is 5.91 Å². The number of halogens is 1. The molecule has 0 aliphatic heterocycles. The molecule has 7 heteroatoms. The second-order valence-electron chi connectivity index (χ2n) is 9.91. The van der Waals surface area contributed by atoms with Crippen LogP contribution in [0.2, 0.25) is 5.02 Å². The number of carbonyl (C=O) groups excluding carboxylic acids is 1. The Morgan fingerprint density at radius 3 is 2.54 bits per heavy atom. The van der Waals surface area contributed by atoms with E-state index in [1.165, 1.54) is 0 Å². The molecule has 2 aromatic heterocycles. The molecule has 0 fully saturated rings.